The predicted octanol–water partition coefficient (Wildman–Crippen LogP) is 3.24. The van der Waals surface area contributed by atoms with E-state index >= 15 is 0 Å². The lowest BCUT2D eigenvalue weighted by atomic mass is 9.94. The highest BCUT2D eigenvalue weighted by atomic mass is 16.4. The van der Waals surface area contributed by atoms with Crippen molar-refractivity contribution in [3.8, 4) is 0 Å². The van der Waals surface area contributed by atoms with Crippen LogP contribution >= 0.6 is 0 Å². The lowest BCUT2D eigenvalue weighted by molar-refractivity contribution is -0.144. The molecule has 0 aliphatic carbocycles. The molecule has 0 saturated heterocycles. The van der Waals surface area contributed by atoms with Gasteiger partial charge in [-0.1, -0.05) is 23.3 Å². The zero-order valence-electron chi connectivity index (χ0n) is 14.0. The van der Waals surface area contributed by atoms with Crippen LogP contribution in [0, 0.1) is 0 Å². The number of hydrogen-bond donors (Lipinski definition) is 3. The molecule has 0 heterocycles. The molecule has 0 spiro atoms. The minimum Gasteiger partial charge on any atom is -0.480 e. The SMILES string of the molecule is CC(C)=CCC/C(C)=C/CNC(C)(CCCCN)C(=O)O. The number of nitrogens with two attached hydrogens (primary N) is 1. The summed E-state index contributed by atoms with van der Waals surface area (Å²) in [5, 5.41) is 12.5. The van der Waals surface area contributed by atoms with Gasteiger partial charge in [0, 0.05) is 6.54 Å². The first-order chi connectivity index (χ1) is 9.81. The Morgan fingerprint density at radius 2 is 1.90 bits per heavy atom. The minimum absolute atomic E-state index is 0.589. The van der Waals surface area contributed by atoms with Crippen LogP contribution in [0.15, 0.2) is 23.3 Å². The van der Waals surface area contributed by atoms with Crippen molar-refractivity contribution in [2.24, 2.45) is 5.73 Å². The van der Waals surface area contributed by atoms with E-state index < -0.39 is 11.5 Å². The lowest BCUT2D eigenvalue weighted by Crippen LogP contribution is -2.49. The van der Waals surface area contributed by atoms with Gasteiger partial charge in [0.05, 0.1) is 0 Å². The quantitative estimate of drug-likeness (QED) is 0.404. The van der Waals surface area contributed by atoms with Crippen LogP contribution in [0.5, 0.6) is 0 Å². The first kappa shape index (κ1) is 19.9. The summed E-state index contributed by atoms with van der Waals surface area (Å²) in [7, 11) is 0. The van der Waals surface area contributed by atoms with E-state index in [1.54, 1.807) is 6.92 Å². The van der Waals surface area contributed by atoms with Crippen molar-refractivity contribution in [1.82, 2.24) is 5.32 Å². The van der Waals surface area contributed by atoms with Crippen LogP contribution in [0.4, 0.5) is 0 Å². The molecule has 1 atom stereocenters. The molecular formula is C17H32N2O2. The highest BCUT2D eigenvalue weighted by Crippen LogP contribution is 2.14. The molecule has 0 aromatic heterocycles. The predicted molar refractivity (Wildman–Crippen MR) is 89.4 cm³/mol. The first-order valence-corrected chi connectivity index (χ1v) is 7.79. The number of unbranched alkanes of at least 4 members (excludes halogenated alkanes) is 1. The van der Waals surface area contributed by atoms with E-state index in [0.29, 0.717) is 19.5 Å². The molecule has 0 aliphatic rings. The molecule has 122 valence electrons. The Morgan fingerprint density at radius 1 is 1.24 bits per heavy atom. The van der Waals surface area contributed by atoms with Crippen LogP contribution in [0.25, 0.3) is 0 Å². The summed E-state index contributed by atoms with van der Waals surface area (Å²) in [6.45, 7) is 9.23. The highest BCUT2D eigenvalue weighted by molar-refractivity contribution is 5.78. The standard InChI is InChI=1S/C17H32N2O2/c1-14(2)8-7-9-15(3)10-13-19-17(4,16(20)21)11-5-6-12-18/h8,10,19H,5-7,9,11-13,18H2,1-4H3,(H,20,21)/b15-10+. The third kappa shape index (κ3) is 9.43. The summed E-state index contributed by atoms with van der Waals surface area (Å²) in [6, 6.07) is 0. The van der Waals surface area contributed by atoms with Gasteiger partial charge in [0.1, 0.15) is 5.54 Å². The molecule has 0 aromatic carbocycles. The maximum Gasteiger partial charge on any atom is 0.323 e. The third-order valence-electron chi connectivity index (χ3n) is 3.64. The van der Waals surface area contributed by atoms with Gasteiger partial charge in [-0.25, -0.2) is 0 Å². The molecule has 0 aliphatic heterocycles. The van der Waals surface area contributed by atoms with Gasteiger partial charge in [0.2, 0.25) is 0 Å². The van der Waals surface area contributed by atoms with Crippen molar-refractivity contribution in [3.63, 3.8) is 0 Å². The van der Waals surface area contributed by atoms with Crippen LogP contribution in [0.3, 0.4) is 0 Å². The molecule has 4 N–H and O–H groups in total. The topological polar surface area (TPSA) is 75.3 Å². The zero-order valence-corrected chi connectivity index (χ0v) is 14.0. The summed E-state index contributed by atoms with van der Waals surface area (Å²) in [4.78, 5) is 11.4. The minimum atomic E-state index is -0.869. The summed E-state index contributed by atoms with van der Waals surface area (Å²) < 4.78 is 0. The molecule has 0 fully saturated rings. The fourth-order valence-corrected chi connectivity index (χ4v) is 2.03. The molecule has 0 bridgehead atoms. The van der Waals surface area contributed by atoms with Crippen LogP contribution in [0.1, 0.15) is 59.8 Å². The van der Waals surface area contributed by atoms with Crippen molar-refractivity contribution in [3.05, 3.63) is 23.3 Å². The summed E-state index contributed by atoms with van der Waals surface area (Å²) in [6.07, 6.45) is 8.66. The molecular weight excluding hydrogens is 264 g/mol. The second-order valence-electron chi connectivity index (χ2n) is 6.13. The number of hydrogen-bond acceptors (Lipinski definition) is 3. The van der Waals surface area contributed by atoms with Gasteiger partial charge in [0.25, 0.3) is 0 Å². The van der Waals surface area contributed by atoms with Crippen LogP contribution < -0.4 is 11.1 Å². The highest BCUT2D eigenvalue weighted by Gasteiger charge is 2.31. The molecule has 0 rings (SSSR count). The molecule has 0 radical (unpaired) electrons. The molecule has 4 nitrogen and oxygen atoms in total. The van der Waals surface area contributed by atoms with E-state index in [4.69, 9.17) is 5.73 Å². The van der Waals surface area contributed by atoms with Crippen molar-refractivity contribution in [2.45, 2.75) is 65.3 Å². The number of carboxylic acids is 1. The van der Waals surface area contributed by atoms with Crippen LogP contribution in [-0.4, -0.2) is 29.7 Å². The van der Waals surface area contributed by atoms with E-state index in [-0.39, 0.29) is 0 Å². The Morgan fingerprint density at radius 3 is 2.43 bits per heavy atom. The largest absolute Gasteiger partial charge is 0.480 e. The van der Waals surface area contributed by atoms with Crippen molar-refractivity contribution in [2.75, 3.05) is 13.1 Å². The van der Waals surface area contributed by atoms with Crippen LogP contribution in [-0.2, 0) is 4.79 Å². The molecule has 4 heteroatoms. The van der Waals surface area contributed by atoms with E-state index in [2.05, 4.69) is 38.2 Å². The Labute approximate surface area is 129 Å². The van der Waals surface area contributed by atoms with Gasteiger partial charge in [0.15, 0.2) is 0 Å². The first-order valence-electron chi connectivity index (χ1n) is 7.79. The van der Waals surface area contributed by atoms with E-state index in [1.165, 1.54) is 11.1 Å². The van der Waals surface area contributed by atoms with E-state index in [9.17, 15) is 9.90 Å². The van der Waals surface area contributed by atoms with Gasteiger partial charge in [-0.15, -0.1) is 0 Å². The normalized spacial score (nSPS) is 14.6. The number of carboxylic acid groups (broad SMARTS) is 1. The smallest absolute Gasteiger partial charge is 0.323 e. The number of rotatable bonds is 11. The van der Waals surface area contributed by atoms with Gasteiger partial charge < -0.3 is 10.8 Å². The monoisotopic (exact) mass is 296 g/mol. The Hall–Kier alpha value is -1.13. The van der Waals surface area contributed by atoms with Crippen molar-refractivity contribution >= 4 is 5.97 Å². The Balaban J connectivity index is 4.29. The lowest BCUT2D eigenvalue weighted by Gasteiger charge is -2.25. The summed E-state index contributed by atoms with van der Waals surface area (Å²) in [5.74, 6) is -0.796. The molecule has 0 saturated carbocycles. The fraction of sp³-hybridized carbons (Fsp3) is 0.706. The van der Waals surface area contributed by atoms with Gasteiger partial charge in [-0.2, -0.15) is 0 Å². The number of allylic oxidation sites excluding steroid dienone is 3. The molecule has 0 amide bonds. The van der Waals surface area contributed by atoms with Crippen molar-refractivity contribution in [1.29, 1.82) is 0 Å². The average molecular weight is 296 g/mol. The fourth-order valence-electron chi connectivity index (χ4n) is 2.03. The third-order valence-corrected chi connectivity index (χ3v) is 3.64. The number of nitrogens with one attached hydrogen (secondary N) is 1. The van der Waals surface area contributed by atoms with Crippen molar-refractivity contribution < 1.29 is 9.90 Å². The maximum absolute atomic E-state index is 11.4. The zero-order chi connectivity index (χ0) is 16.3. The molecule has 21 heavy (non-hydrogen) atoms. The second-order valence-corrected chi connectivity index (χ2v) is 6.13. The van der Waals surface area contributed by atoms with E-state index in [0.717, 1.165) is 25.7 Å². The van der Waals surface area contributed by atoms with Gasteiger partial charge in [-0.05, 0) is 66.3 Å². The summed E-state index contributed by atoms with van der Waals surface area (Å²) in [5.41, 5.74) is 7.21. The van der Waals surface area contributed by atoms with Crippen LogP contribution in [0.2, 0.25) is 0 Å². The second kappa shape index (κ2) is 10.6. The van der Waals surface area contributed by atoms with Gasteiger partial charge in [-0.3, -0.25) is 10.1 Å². The van der Waals surface area contributed by atoms with E-state index in [1.807, 2.05) is 0 Å². The average Bonchev–Trinajstić information content (AvgIpc) is 2.38. The summed E-state index contributed by atoms with van der Waals surface area (Å²) >= 11 is 0. The number of aliphatic carboxylic acids is 1. The molecule has 0 aromatic rings. The Bertz CT molecular complexity index is 371. The Kier molecular flexibility index (Phi) is 10.0. The van der Waals surface area contributed by atoms with Gasteiger partial charge >= 0.3 is 5.97 Å². The number of carbonyl (C=O) groups is 1. The molecule has 1 unspecified atom stereocenters. The maximum atomic E-state index is 11.4.